The maximum atomic E-state index is 5.17. The number of unbranched alkanes of at least 4 members (excludes halogenated alkanes) is 1. The van der Waals surface area contributed by atoms with Crippen molar-refractivity contribution in [3.05, 3.63) is 6.92 Å². The van der Waals surface area contributed by atoms with E-state index in [1.165, 1.54) is 6.42 Å². The summed E-state index contributed by atoms with van der Waals surface area (Å²) in [6.45, 7) is 8.65. The summed E-state index contributed by atoms with van der Waals surface area (Å²) in [6.07, 6.45) is 2.51. The topological polar surface area (TPSA) is 9.23 Å². The van der Waals surface area contributed by atoms with E-state index in [1.54, 1.807) is 0 Å². The lowest BCUT2D eigenvalue weighted by Crippen LogP contribution is -2.03. The molecule has 1 heteroatoms. The molecule has 1 atom stereocenters. The van der Waals surface area contributed by atoms with Crippen molar-refractivity contribution in [3.8, 4) is 0 Å². The van der Waals surface area contributed by atoms with Gasteiger partial charge in [-0.2, -0.15) is 0 Å². The minimum atomic E-state index is 0.154. The van der Waals surface area contributed by atoms with E-state index in [4.69, 9.17) is 4.74 Å². The third-order valence-electron chi connectivity index (χ3n) is 0.900. The fourth-order valence-electron chi connectivity index (χ4n) is 0.429. The van der Waals surface area contributed by atoms with Gasteiger partial charge in [0.1, 0.15) is 0 Å². The van der Waals surface area contributed by atoms with Gasteiger partial charge in [0.05, 0.1) is 6.10 Å². The molecule has 0 fully saturated rings. The second-order valence-corrected chi connectivity index (χ2v) is 2.03. The third kappa shape index (κ3) is 5.96. The molecule has 0 aliphatic heterocycles. The second-order valence-electron chi connectivity index (χ2n) is 2.03. The summed E-state index contributed by atoms with van der Waals surface area (Å²) in [6, 6.07) is 0. The normalized spacial score (nSPS) is 10.5. The Morgan fingerprint density at radius 1 is 1.62 bits per heavy atom. The Morgan fingerprint density at radius 2 is 2.25 bits per heavy atom. The fraction of sp³-hybridized carbons (Fsp3) is 0.857. The first-order valence-corrected chi connectivity index (χ1v) is 3.22. The van der Waals surface area contributed by atoms with E-state index in [1.807, 2.05) is 6.92 Å². The van der Waals surface area contributed by atoms with Gasteiger partial charge < -0.3 is 4.74 Å². The van der Waals surface area contributed by atoms with Crippen molar-refractivity contribution in [3.63, 3.8) is 0 Å². The van der Waals surface area contributed by atoms with Gasteiger partial charge in [0.2, 0.25) is 0 Å². The van der Waals surface area contributed by atoms with Crippen LogP contribution < -0.4 is 0 Å². The minimum absolute atomic E-state index is 0.154. The Balaban J connectivity index is 2.72. The van der Waals surface area contributed by atoms with Crippen LogP contribution in [0.3, 0.4) is 0 Å². The first-order valence-electron chi connectivity index (χ1n) is 3.22. The first-order chi connectivity index (χ1) is 3.77. The van der Waals surface area contributed by atoms with Crippen LogP contribution >= 0.6 is 0 Å². The van der Waals surface area contributed by atoms with E-state index in [2.05, 4.69) is 13.8 Å². The predicted molar refractivity (Wildman–Crippen MR) is 35.7 cm³/mol. The van der Waals surface area contributed by atoms with E-state index in [-0.39, 0.29) is 6.10 Å². The molecule has 0 rings (SSSR count). The average Bonchev–Trinajstić information content (AvgIpc) is 1.66. The lowest BCUT2D eigenvalue weighted by molar-refractivity contribution is 0.0933. The highest BCUT2D eigenvalue weighted by Crippen LogP contribution is 1.91. The monoisotopic (exact) mass is 115 g/mol. The average molecular weight is 115 g/mol. The largest absolute Gasteiger partial charge is 0.379 e. The van der Waals surface area contributed by atoms with E-state index in [0.29, 0.717) is 0 Å². The minimum Gasteiger partial charge on any atom is -0.379 e. The van der Waals surface area contributed by atoms with Crippen molar-refractivity contribution >= 4 is 0 Å². The van der Waals surface area contributed by atoms with Crippen LogP contribution in [-0.2, 0) is 4.74 Å². The highest BCUT2D eigenvalue weighted by atomic mass is 16.5. The van der Waals surface area contributed by atoms with Crippen LogP contribution in [0.25, 0.3) is 0 Å². The second kappa shape index (κ2) is 5.10. The van der Waals surface area contributed by atoms with Gasteiger partial charge in [-0.15, -0.1) is 0 Å². The van der Waals surface area contributed by atoms with Gasteiger partial charge in [-0.1, -0.05) is 13.3 Å². The molecule has 0 N–H and O–H groups in total. The van der Waals surface area contributed by atoms with Crippen molar-refractivity contribution in [2.75, 3.05) is 6.61 Å². The van der Waals surface area contributed by atoms with Gasteiger partial charge in [-0.25, -0.2) is 0 Å². The van der Waals surface area contributed by atoms with Gasteiger partial charge in [0.15, 0.2) is 0 Å². The smallest absolute Gasteiger partial charge is 0.0547 e. The van der Waals surface area contributed by atoms with Crippen LogP contribution in [0.2, 0.25) is 0 Å². The van der Waals surface area contributed by atoms with E-state index < -0.39 is 0 Å². The molecule has 0 unspecified atom stereocenters. The lowest BCUT2D eigenvalue weighted by atomic mass is 10.3. The molecule has 0 saturated heterocycles. The van der Waals surface area contributed by atoms with Crippen LogP contribution in [0.15, 0.2) is 0 Å². The molecule has 0 heterocycles. The molecular weight excluding hydrogens is 100 g/mol. The Labute approximate surface area is 52.0 Å². The van der Waals surface area contributed by atoms with Crippen molar-refractivity contribution in [2.45, 2.75) is 32.8 Å². The summed E-state index contributed by atoms with van der Waals surface area (Å²) < 4.78 is 5.17. The molecule has 0 aromatic carbocycles. The van der Waals surface area contributed by atoms with Gasteiger partial charge >= 0.3 is 0 Å². The molecule has 0 bridgehead atoms. The lowest BCUT2D eigenvalue weighted by Gasteiger charge is -2.04. The quantitative estimate of drug-likeness (QED) is 0.509. The molecule has 1 radical (unpaired) electrons. The van der Waals surface area contributed by atoms with E-state index in [0.717, 1.165) is 13.0 Å². The Kier molecular flexibility index (Phi) is 5.08. The Hall–Kier alpha value is -0.0400. The van der Waals surface area contributed by atoms with Gasteiger partial charge in [-0.05, 0) is 20.3 Å². The molecule has 0 saturated carbocycles. The molecule has 0 spiro atoms. The van der Waals surface area contributed by atoms with Crippen LogP contribution in [0.4, 0.5) is 0 Å². The maximum Gasteiger partial charge on any atom is 0.0547 e. The first kappa shape index (κ1) is 7.96. The van der Waals surface area contributed by atoms with Crippen LogP contribution in [-0.4, -0.2) is 12.7 Å². The van der Waals surface area contributed by atoms with Crippen molar-refractivity contribution in [1.29, 1.82) is 0 Å². The Morgan fingerprint density at radius 3 is 2.62 bits per heavy atom. The number of hydrogen-bond donors (Lipinski definition) is 0. The molecular formula is C7H15O. The molecule has 0 aliphatic rings. The van der Waals surface area contributed by atoms with Gasteiger partial charge in [0, 0.05) is 6.61 Å². The zero-order valence-corrected chi connectivity index (χ0v) is 5.81. The van der Waals surface area contributed by atoms with Crippen molar-refractivity contribution < 1.29 is 4.74 Å². The molecule has 8 heavy (non-hydrogen) atoms. The van der Waals surface area contributed by atoms with Crippen LogP contribution in [0.5, 0.6) is 0 Å². The predicted octanol–water partition coefficient (Wildman–Crippen LogP) is 2.03. The van der Waals surface area contributed by atoms with Gasteiger partial charge in [0.25, 0.3) is 0 Å². The molecule has 0 aliphatic carbocycles. The highest BCUT2D eigenvalue weighted by molar-refractivity contribution is 4.48. The molecule has 0 amide bonds. The number of hydrogen-bond acceptors (Lipinski definition) is 1. The van der Waals surface area contributed by atoms with Crippen molar-refractivity contribution in [2.24, 2.45) is 0 Å². The maximum absolute atomic E-state index is 5.17. The summed E-state index contributed by atoms with van der Waals surface area (Å²) >= 11 is 0. The fourth-order valence-corrected chi connectivity index (χ4v) is 0.429. The zero-order chi connectivity index (χ0) is 6.41. The molecule has 0 aromatic heterocycles. The summed E-state index contributed by atoms with van der Waals surface area (Å²) in [7, 11) is 0. The third-order valence-corrected chi connectivity index (χ3v) is 0.900. The molecule has 0 aromatic rings. The van der Waals surface area contributed by atoms with Crippen LogP contribution in [0, 0.1) is 6.92 Å². The van der Waals surface area contributed by atoms with Gasteiger partial charge in [-0.3, -0.25) is 0 Å². The van der Waals surface area contributed by atoms with E-state index >= 15 is 0 Å². The standard InChI is InChI=1S/C7H15O/c1-4-5-6-8-7(2)3/h7H,2,4-6H2,1,3H3/t7-/m0/s1. The molecule has 49 valence electrons. The Bertz CT molecular complexity index is 41.7. The summed E-state index contributed by atoms with van der Waals surface area (Å²) in [5.41, 5.74) is 0. The molecule has 1 nitrogen and oxygen atoms in total. The number of rotatable bonds is 4. The summed E-state index contributed by atoms with van der Waals surface area (Å²) in [5.74, 6) is 0. The van der Waals surface area contributed by atoms with Crippen molar-refractivity contribution in [1.82, 2.24) is 0 Å². The SMILES string of the molecule is [CH2][C@@H](C)OCCCC. The highest BCUT2D eigenvalue weighted by Gasteiger charge is 1.89. The number of ether oxygens (including phenoxy) is 1. The summed E-state index contributed by atoms with van der Waals surface area (Å²) in [5, 5.41) is 0. The van der Waals surface area contributed by atoms with Crippen LogP contribution in [0.1, 0.15) is 26.7 Å². The summed E-state index contributed by atoms with van der Waals surface area (Å²) in [4.78, 5) is 0. The zero-order valence-electron chi connectivity index (χ0n) is 5.81. The van der Waals surface area contributed by atoms with E-state index in [9.17, 15) is 0 Å².